The van der Waals surface area contributed by atoms with Gasteiger partial charge in [-0.05, 0) is 38.3 Å². The van der Waals surface area contributed by atoms with Crippen LogP contribution in [0, 0.1) is 6.92 Å². The molecule has 1 saturated heterocycles. The highest BCUT2D eigenvalue weighted by Crippen LogP contribution is 2.30. The zero-order valence-corrected chi connectivity index (χ0v) is 13.1. The lowest BCUT2D eigenvalue weighted by atomic mass is 10.00. The van der Waals surface area contributed by atoms with Crippen molar-refractivity contribution in [2.75, 3.05) is 6.54 Å². The molecular weight excluding hydrogens is 280 g/mol. The molecule has 1 aliphatic rings. The summed E-state index contributed by atoms with van der Waals surface area (Å²) in [4.78, 5) is 14.5. The first-order chi connectivity index (χ1) is 10.6. The van der Waals surface area contributed by atoms with Crippen molar-refractivity contribution in [3.63, 3.8) is 0 Å². The standard InChI is InChI=1S/C16H22N4O2/c1-12-10-13(22-18-12)11-17-16(21)20-9-4-3-6-15(20)14-7-5-8-19(14)2/h5,7-8,10,15H,3-4,6,9,11H2,1-2H3,(H,17,21). The number of amides is 2. The number of rotatable bonds is 3. The van der Waals surface area contributed by atoms with Crippen molar-refractivity contribution in [2.45, 2.75) is 38.8 Å². The highest BCUT2D eigenvalue weighted by molar-refractivity contribution is 5.74. The second kappa shape index (κ2) is 6.25. The Morgan fingerprint density at radius 3 is 3.05 bits per heavy atom. The predicted molar refractivity (Wildman–Crippen MR) is 82.2 cm³/mol. The number of piperidine rings is 1. The molecule has 0 saturated carbocycles. The predicted octanol–water partition coefficient (Wildman–Crippen LogP) is 2.76. The summed E-state index contributed by atoms with van der Waals surface area (Å²) in [7, 11) is 2.03. The molecule has 6 heteroatoms. The van der Waals surface area contributed by atoms with E-state index in [0.29, 0.717) is 12.3 Å². The summed E-state index contributed by atoms with van der Waals surface area (Å²) in [6.07, 6.45) is 5.24. The van der Waals surface area contributed by atoms with Gasteiger partial charge in [0.2, 0.25) is 0 Å². The number of carbonyl (C=O) groups is 1. The fraction of sp³-hybridized carbons (Fsp3) is 0.500. The van der Waals surface area contributed by atoms with Crippen LogP contribution >= 0.6 is 0 Å². The first-order valence-electron chi connectivity index (χ1n) is 7.73. The average molecular weight is 302 g/mol. The summed E-state index contributed by atoms with van der Waals surface area (Å²) in [5, 5.41) is 6.77. The van der Waals surface area contributed by atoms with E-state index in [1.54, 1.807) is 0 Å². The lowest BCUT2D eigenvalue weighted by Gasteiger charge is -2.36. The molecule has 6 nitrogen and oxygen atoms in total. The van der Waals surface area contributed by atoms with E-state index in [-0.39, 0.29) is 12.1 Å². The molecule has 3 heterocycles. The van der Waals surface area contributed by atoms with E-state index in [2.05, 4.69) is 21.1 Å². The minimum Gasteiger partial charge on any atom is -0.359 e. The largest absolute Gasteiger partial charge is 0.359 e. The Morgan fingerprint density at radius 2 is 2.36 bits per heavy atom. The average Bonchev–Trinajstić information content (AvgIpc) is 3.13. The van der Waals surface area contributed by atoms with Crippen molar-refractivity contribution in [1.82, 2.24) is 19.9 Å². The fourth-order valence-electron chi connectivity index (χ4n) is 3.07. The minimum atomic E-state index is -0.0417. The van der Waals surface area contributed by atoms with Crippen LogP contribution in [0.3, 0.4) is 0 Å². The van der Waals surface area contributed by atoms with E-state index in [4.69, 9.17) is 4.52 Å². The van der Waals surface area contributed by atoms with Gasteiger partial charge in [-0.3, -0.25) is 0 Å². The Balaban J connectivity index is 1.67. The number of carbonyl (C=O) groups excluding carboxylic acids is 1. The van der Waals surface area contributed by atoms with Gasteiger partial charge in [0.25, 0.3) is 0 Å². The van der Waals surface area contributed by atoms with Crippen LogP contribution in [0.1, 0.15) is 42.5 Å². The topological polar surface area (TPSA) is 63.3 Å². The second-order valence-electron chi connectivity index (χ2n) is 5.84. The van der Waals surface area contributed by atoms with Gasteiger partial charge in [-0.25, -0.2) is 4.79 Å². The van der Waals surface area contributed by atoms with Gasteiger partial charge in [0.05, 0.1) is 18.3 Å². The highest BCUT2D eigenvalue weighted by atomic mass is 16.5. The van der Waals surface area contributed by atoms with Gasteiger partial charge in [-0.1, -0.05) is 5.16 Å². The SMILES string of the molecule is Cc1cc(CNC(=O)N2CCCCC2c2cccn2C)on1. The molecule has 1 atom stereocenters. The third kappa shape index (κ3) is 3.00. The second-order valence-corrected chi connectivity index (χ2v) is 5.84. The van der Waals surface area contributed by atoms with Gasteiger partial charge < -0.3 is 19.3 Å². The monoisotopic (exact) mass is 302 g/mol. The summed E-state index contributed by atoms with van der Waals surface area (Å²) in [6.45, 7) is 3.03. The van der Waals surface area contributed by atoms with E-state index >= 15 is 0 Å². The first-order valence-corrected chi connectivity index (χ1v) is 7.73. The van der Waals surface area contributed by atoms with E-state index in [0.717, 1.165) is 31.5 Å². The molecule has 0 bridgehead atoms. The quantitative estimate of drug-likeness (QED) is 0.948. The third-order valence-electron chi connectivity index (χ3n) is 4.18. The molecule has 2 amide bonds. The molecular formula is C16H22N4O2. The first kappa shape index (κ1) is 14.7. The number of aryl methyl sites for hydroxylation is 2. The van der Waals surface area contributed by atoms with Crippen LogP contribution in [0.5, 0.6) is 0 Å². The van der Waals surface area contributed by atoms with Crippen molar-refractivity contribution in [1.29, 1.82) is 0 Å². The minimum absolute atomic E-state index is 0.0417. The number of hydrogen-bond acceptors (Lipinski definition) is 3. The number of urea groups is 1. The number of nitrogens with one attached hydrogen (secondary N) is 1. The summed E-state index contributed by atoms with van der Waals surface area (Å²) in [6, 6.07) is 6.06. The van der Waals surface area contributed by atoms with Crippen molar-refractivity contribution in [2.24, 2.45) is 7.05 Å². The Labute approximate surface area is 130 Å². The van der Waals surface area contributed by atoms with Gasteiger partial charge in [0.15, 0.2) is 5.76 Å². The smallest absolute Gasteiger partial charge is 0.318 e. The number of hydrogen-bond donors (Lipinski definition) is 1. The van der Waals surface area contributed by atoms with Gasteiger partial charge in [-0.2, -0.15) is 0 Å². The maximum Gasteiger partial charge on any atom is 0.318 e. The fourth-order valence-corrected chi connectivity index (χ4v) is 3.07. The summed E-state index contributed by atoms with van der Waals surface area (Å²) < 4.78 is 7.23. The summed E-state index contributed by atoms with van der Waals surface area (Å²) in [5.74, 6) is 0.679. The van der Waals surface area contributed by atoms with Crippen molar-refractivity contribution < 1.29 is 9.32 Å². The molecule has 2 aromatic rings. The van der Waals surface area contributed by atoms with E-state index in [9.17, 15) is 4.79 Å². The molecule has 118 valence electrons. The molecule has 1 aliphatic heterocycles. The van der Waals surface area contributed by atoms with Crippen LogP contribution in [-0.4, -0.2) is 27.2 Å². The Hall–Kier alpha value is -2.24. The number of likely N-dealkylation sites (tertiary alicyclic amines) is 1. The Kier molecular flexibility index (Phi) is 4.18. The van der Waals surface area contributed by atoms with Crippen LogP contribution in [0.15, 0.2) is 28.9 Å². The van der Waals surface area contributed by atoms with Crippen LogP contribution in [0.4, 0.5) is 4.79 Å². The summed E-state index contributed by atoms with van der Waals surface area (Å²) in [5.41, 5.74) is 2.01. The van der Waals surface area contributed by atoms with Crippen LogP contribution in [0.25, 0.3) is 0 Å². The van der Waals surface area contributed by atoms with Crippen LogP contribution in [0.2, 0.25) is 0 Å². The van der Waals surface area contributed by atoms with Gasteiger partial charge in [0, 0.05) is 31.5 Å². The van der Waals surface area contributed by atoms with Crippen molar-refractivity contribution in [3.8, 4) is 0 Å². The molecule has 22 heavy (non-hydrogen) atoms. The van der Waals surface area contributed by atoms with Gasteiger partial charge in [0.1, 0.15) is 0 Å². The maximum atomic E-state index is 12.5. The molecule has 2 aromatic heterocycles. The maximum absolute atomic E-state index is 12.5. The summed E-state index contributed by atoms with van der Waals surface area (Å²) >= 11 is 0. The van der Waals surface area contributed by atoms with Gasteiger partial charge >= 0.3 is 6.03 Å². The molecule has 1 unspecified atom stereocenters. The Morgan fingerprint density at radius 1 is 1.50 bits per heavy atom. The molecule has 0 aliphatic carbocycles. The van der Waals surface area contributed by atoms with E-state index in [1.807, 2.05) is 37.2 Å². The molecule has 0 radical (unpaired) electrons. The van der Waals surface area contributed by atoms with E-state index in [1.165, 1.54) is 5.69 Å². The Bertz CT molecular complexity index is 646. The van der Waals surface area contributed by atoms with Crippen molar-refractivity contribution in [3.05, 3.63) is 41.5 Å². The lowest BCUT2D eigenvalue weighted by Crippen LogP contribution is -2.44. The zero-order chi connectivity index (χ0) is 15.5. The number of nitrogens with zero attached hydrogens (tertiary/aromatic N) is 3. The normalized spacial score (nSPS) is 18.5. The highest BCUT2D eigenvalue weighted by Gasteiger charge is 2.29. The van der Waals surface area contributed by atoms with Crippen LogP contribution < -0.4 is 5.32 Å². The molecule has 0 aromatic carbocycles. The van der Waals surface area contributed by atoms with Gasteiger partial charge in [-0.15, -0.1) is 0 Å². The van der Waals surface area contributed by atoms with Crippen LogP contribution in [-0.2, 0) is 13.6 Å². The molecule has 1 N–H and O–H groups in total. The lowest BCUT2D eigenvalue weighted by molar-refractivity contribution is 0.147. The molecule has 1 fully saturated rings. The number of aromatic nitrogens is 2. The molecule has 3 rings (SSSR count). The molecule has 0 spiro atoms. The zero-order valence-electron chi connectivity index (χ0n) is 13.1. The van der Waals surface area contributed by atoms with Crippen molar-refractivity contribution >= 4 is 6.03 Å². The van der Waals surface area contributed by atoms with E-state index < -0.39 is 0 Å². The third-order valence-corrected chi connectivity index (χ3v) is 4.18.